The molecule has 6 heteroatoms. The second-order valence-electron chi connectivity index (χ2n) is 4.32. The Hall–Kier alpha value is -1.62. The molecule has 102 valence electrons. The van der Waals surface area contributed by atoms with E-state index in [2.05, 4.69) is 15.5 Å². The zero-order valence-electron chi connectivity index (χ0n) is 10.8. The summed E-state index contributed by atoms with van der Waals surface area (Å²) < 4.78 is 18.5. The predicted octanol–water partition coefficient (Wildman–Crippen LogP) is 3.52. The number of rotatable bonds is 5. The van der Waals surface area contributed by atoms with E-state index in [1.165, 1.54) is 12.3 Å². The molecule has 1 N–H and O–H groups in total. The lowest BCUT2D eigenvalue weighted by Gasteiger charge is -2.06. The van der Waals surface area contributed by atoms with E-state index >= 15 is 0 Å². The monoisotopic (exact) mass is 283 g/mol. The van der Waals surface area contributed by atoms with Gasteiger partial charge >= 0.3 is 0 Å². The summed E-state index contributed by atoms with van der Waals surface area (Å²) in [6.07, 6.45) is 3.09. The molecule has 0 aliphatic carbocycles. The second kappa shape index (κ2) is 6.02. The molecule has 0 amide bonds. The maximum Gasteiger partial charge on any atom is 0.166 e. The number of hydrogen-bond donors (Lipinski definition) is 1. The fourth-order valence-electron chi connectivity index (χ4n) is 1.88. The van der Waals surface area contributed by atoms with Crippen LogP contribution in [0.25, 0.3) is 0 Å². The van der Waals surface area contributed by atoms with Crippen molar-refractivity contribution in [2.24, 2.45) is 0 Å². The Kier molecular flexibility index (Phi) is 4.37. The van der Waals surface area contributed by atoms with Gasteiger partial charge in [0, 0.05) is 18.3 Å². The molecule has 2 aromatic rings. The first-order valence-electron chi connectivity index (χ1n) is 6.04. The van der Waals surface area contributed by atoms with Crippen molar-refractivity contribution in [3.8, 4) is 0 Å². The zero-order chi connectivity index (χ0) is 13.8. The summed E-state index contributed by atoms with van der Waals surface area (Å²) in [6.45, 7) is 4.43. The molecule has 4 nitrogen and oxygen atoms in total. The normalized spacial score (nSPS) is 10.7. The quantitative estimate of drug-likeness (QED) is 0.853. The average Bonchev–Trinajstić information content (AvgIpc) is 2.68. The van der Waals surface area contributed by atoms with Gasteiger partial charge in [-0.25, -0.2) is 9.37 Å². The molecule has 0 saturated heterocycles. The number of aryl methyl sites for hydroxylation is 2. The van der Waals surface area contributed by atoms with Crippen LogP contribution in [0.15, 0.2) is 16.8 Å². The molecule has 0 bridgehead atoms. The van der Waals surface area contributed by atoms with Gasteiger partial charge in [0.15, 0.2) is 11.6 Å². The van der Waals surface area contributed by atoms with Crippen LogP contribution in [0.1, 0.15) is 23.4 Å². The molecule has 0 spiro atoms. The molecular weight excluding hydrogens is 269 g/mol. The largest absolute Gasteiger partial charge is 0.368 e. The first-order chi connectivity index (χ1) is 9.08. The Morgan fingerprint density at radius 3 is 2.84 bits per heavy atom. The van der Waals surface area contributed by atoms with E-state index in [9.17, 15) is 4.39 Å². The first-order valence-corrected chi connectivity index (χ1v) is 6.42. The van der Waals surface area contributed by atoms with Crippen LogP contribution in [-0.2, 0) is 6.42 Å². The van der Waals surface area contributed by atoms with Gasteiger partial charge in [0.2, 0.25) is 0 Å². The standard InChI is InChI=1S/C13H15ClFN3O/c1-8-11(9(2)19-18-8)4-3-5-16-13-12(15)6-10(14)7-17-13/h6-7H,3-5H2,1-2H3,(H,16,17). The van der Waals surface area contributed by atoms with Gasteiger partial charge in [-0.1, -0.05) is 16.8 Å². The third kappa shape index (κ3) is 3.44. The van der Waals surface area contributed by atoms with Crippen molar-refractivity contribution < 1.29 is 8.91 Å². The number of halogens is 2. The van der Waals surface area contributed by atoms with Crippen molar-refractivity contribution in [1.29, 1.82) is 0 Å². The Morgan fingerprint density at radius 2 is 2.21 bits per heavy atom. The number of nitrogens with one attached hydrogen (secondary N) is 1. The highest BCUT2D eigenvalue weighted by atomic mass is 35.5. The van der Waals surface area contributed by atoms with Crippen LogP contribution in [0.5, 0.6) is 0 Å². The summed E-state index contributed by atoms with van der Waals surface area (Å²) in [4.78, 5) is 3.90. The Labute approximate surface area is 116 Å². The highest BCUT2D eigenvalue weighted by Gasteiger charge is 2.08. The van der Waals surface area contributed by atoms with E-state index in [4.69, 9.17) is 16.1 Å². The summed E-state index contributed by atoms with van der Waals surface area (Å²) in [5.41, 5.74) is 2.03. The minimum Gasteiger partial charge on any atom is -0.368 e. The summed E-state index contributed by atoms with van der Waals surface area (Å²) >= 11 is 5.63. The first kappa shape index (κ1) is 13.8. The van der Waals surface area contributed by atoms with Gasteiger partial charge < -0.3 is 9.84 Å². The van der Waals surface area contributed by atoms with Gasteiger partial charge in [0.25, 0.3) is 0 Å². The SMILES string of the molecule is Cc1noc(C)c1CCCNc1ncc(Cl)cc1F. The summed E-state index contributed by atoms with van der Waals surface area (Å²) in [6, 6.07) is 1.24. The maximum atomic E-state index is 13.4. The molecule has 0 unspecified atom stereocenters. The van der Waals surface area contributed by atoms with E-state index in [1.807, 2.05) is 13.8 Å². The third-order valence-corrected chi connectivity index (χ3v) is 3.09. The number of anilines is 1. The van der Waals surface area contributed by atoms with E-state index in [0.717, 1.165) is 29.9 Å². The number of pyridine rings is 1. The molecular formula is C13H15ClFN3O. The van der Waals surface area contributed by atoms with Gasteiger partial charge in [-0.2, -0.15) is 0 Å². The molecule has 19 heavy (non-hydrogen) atoms. The lowest BCUT2D eigenvalue weighted by Crippen LogP contribution is -2.06. The number of hydrogen-bond acceptors (Lipinski definition) is 4. The number of nitrogens with zero attached hydrogens (tertiary/aromatic N) is 2. The van der Waals surface area contributed by atoms with Crippen LogP contribution in [0.4, 0.5) is 10.2 Å². The van der Waals surface area contributed by atoms with Gasteiger partial charge in [-0.05, 0) is 32.8 Å². The summed E-state index contributed by atoms with van der Waals surface area (Å²) in [5, 5.41) is 7.13. The summed E-state index contributed by atoms with van der Waals surface area (Å²) in [7, 11) is 0. The molecule has 2 heterocycles. The molecule has 0 saturated carbocycles. The zero-order valence-corrected chi connectivity index (χ0v) is 11.6. The van der Waals surface area contributed by atoms with E-state index in [0.29, 0.717) is 11.6 Å². The predicted molar refractivity (Wildman–Crippen MR) is 72.0 cm³/mol. The average molecular weight is 284 g/mol. The fraction of sp³-hybridized carbons (Fsp3) is 0.385. The molecule has 0 atom stereocenters. The smallest absolute Gasteiger partial charge is 0.166 e. The molecule has 0 aliphatic heterocycles. The molecule has 0 aliphatic rings. The summed E-state index contributed by atoms with van der Waals surface area (Å²) in [5.74, 6) is 0.626. The second-order valence-corrected chi connectivity index (χ2v) is 4.75. The third-order valence-electron chi connectivity index (χ3n) is 2.89. The highest BCUT2D eigenvalue weighted by Crippen LogP contribution is 2.17. The fourth-order valence-corrected chi connectivity index (χ4v) is 2.02. The van der Waals surface area contributed by atoms with Gasteiger partial charge in [0.05, 0.1) is 10.7 Å². The minimum absolute atomic E-state index is 0.225. The van der Waals surface area contributed by atoms with Gasteiger partial charge in [0.1, 0.15) is 5.76 Å². The van der Waals surface area contributed by atoms with Crippen LogP contribution >= 0.6 is 11.6 Å². The lowest BCUT2D eigenvalue weighted by molar-refractivity contribution is 0.392. The van der Waals surface area contributed by atoms with E-state index in [-0.39, 0.29) is 5.82 Å². The molecule has 2 aromatic heterocycles. The van der Waals surface area contributed by atoms with Crippen molar-refractivity contribution in [1.82, 2.24) is 10.1 Å². The van der Waals surface area contributed by atoms with E-state index in [1.54, 1.807) is 0 Å². The van der Waals surface area contributed by atoms with Crippen LogP contribution in [-0.4, -0.2) is 16.7 Å². The maximum absolute atomic E-state index is 13.4. The van der Waals surface area contributed by atoms with Crippen LogP contribution in [0, 0.1) is 19.7 Å². The van der Waals surface area contributed by atoms with E-state index < -0.39 is 5.82 Å². The van der Waals surface area contributed by atoms with Crippen LogP contribution in [0.2, 0.25) is 5.02 Å². The topological polar surface area (TPSA) is 51.0 Å². The number of aromatic nitrogens is 2. The lowest BCUT2D eigenvalue weighted by atomic mass is 10.1. The van der Waals surface area contributed by atoms with Crippen molar-refractivity contribution in [3.63, 3.8) is 0 Å². The Balaban J connectivity index is 1.84. The molecule has 0 radical (unpaired) electrons. The van der Waals surface area contributed by atoms with Crippen LogP contribution in [0.3, 0.4) is 0 Å². The van der Waals surface area contributed by atoms with Gasteiger partial charge in [-0.3, -0.25) is 0 Å². The van der Waals surface area contributed by atoms with Crippen molar-refractivity contribution in [3.05, 3.63) is 40.1 Å². The molecule has 2 rings (SSSR count). The highest BCUT2D eigenvalue weighted by molar-refractivity contribution is 6.30. The Morgan fingerprint density at radius 1 is 1.42 bits per heavy atom. The van der Waals surface area contributed by atoms with Crippen LogP contribution < -0.4 is 5.32 Å². The van der Waals surface area contributed by atoms with Crippen molar-refractivity contribution in [2.75, 3.05) is 11.9 Å². The minimum atomic E-state index is -0.440. The van der Waals surface area contributed by atoms with Crippen molar-refractivity contribution >= 4 is 17.4 Å². The molecule has 0 aromatic carbocycles. The molecule has 0 fully saturated rings. The van der Waals surface area contributed by atoms with Gasteiger partial charge in [-0.15, -0.1) is 0 Å². The van der Waals surface area contributed by atoms with Crippen molar-refractivity contribution in [2.45, 2.75) is 26.7 Å². The Bertz CT molecular complexity index is 552.